The number of carbonyl (C=O) groups excluding carboxylic acids is 3. The molecule has 3 amide bonds. The normalized spacial score (nSPS) is 32.3. The predicted molar refractivity (Wildman–Crippen MR) is 171 cm³/mol. The first-order valence-electron chi connectivity index (χ1n) is 15.5. The number of fused-ring (bicyclic) bond motifs is 1. The first-order valence-corrected chi connectivity index (χ1v) is 16.3. The number of likely N-dealkylation sites (tertiary alicyclic amines) is 1. The highest BCUT2D eigenvalue weighted by atomic mass is 35.5. The van der Waals surface area contributed by atoms with Gasteiger partial charge in [0.05, 0.1) is 17.9 Å². The summed E-state index contributed by atoms with van der Waals surface area (Å²) < 4.78 is 6.52. The summed E-state index contributed by atoms with van der Waals surface area (Å²) in [5.74, 6) is -1.63. The Labute approximate surface area is 269 Å². The summed E-state index contributed by atoms with van der Waals surface area (Å²) in [6.07, 6.45) is 6.16. The highest BCUT2D eigenvalue weighted by molar-refractivity contribution is 6.35. The Hall–Kier alpha value is -2.91. The van der Waals surface area contributed by atoms with Crippen molar-refractivity contribution in [3.8, 4) is 0 Å². The lowest BCUT2D eigenvalue weighted by Gasteiger charge is -2.38. The van der Waals surface area contributed by atoms with Crippen LogP contribution in [0.2, 0.25) is 10.0 Å². The molecule has 6 rings (SSSR count). The molecule has 3 aliphatic heterocycles. The topological polar surface area (TPSA) is 91.0 Å². The van der Waals surface area contributed by atoms with Crippen molar-refractivity contribution in [2.75, 3.05) is 25.5 Å². The van der Waals surface area contributed by atoms with Crippen molar-refractivity contribution in [2.24, 2.45) is 23.7 Å². The van der Waals surface area contributed by atoms with Gasteiger partial charge in [-0.2, -0.15) is 0 Å². The highest BCUT2D eigenvalue weighted by Gasteiger charge is 2.72. The van der Waals surface area contributed by atoms with Gasteiger partial charge in [0.2, 0.25) is 17.7 Å². The minimum absolute atomic E-state index is 0.0219. The summed E-state index contributed by atoms with van der Waals surface area (Å²) in [7, 11) is 2.00. The van der Waals surface area contributed by atoms with E-state index in [0.29, 0.717) is 47.2 Å². The number of halogens is 2. The van der Waals surface area contributed by atoms with E-state index in [4.69, 9.17) is 27.9 Å². The van der Waals surface area contributed by atoms with E-state index < -0.39 is 29.6 Å². The fraction of sp³-hybridized carbons (Fsp3) is 0.500. The van der Waals surface area contributed by atoms with Gasteiger partial charge >= 0.3 is 0 Å². The van der Waals surface area contributed by atoms with E-state index in [1.807, 2.05) is 37.4 Å². The molecule has 2 bridgehead atoms. The molecule has 10 heteroatoms. The Morgan fingerprint density at radius 1 is 1.07 bits per heavy atom. The first-order chi connectivity index (χ1) is 21.1. The minimum atomic E-state index is -1.22. The zero-order chi connectivity index (χ0) is 31.2. The van der Waals surface area contributed by atoms with Gasteiger partial charge in [0.1, 0.15) is 11.6 Å². The van der Waals surface area contributed by atoms with E-state index in [9.17, 15) is 14.4 Å². The van der Waals surface area contributed by atoms with Crippen LogP contribution in [0.25, 0.3) is 0 Å². The molecule has 3 heterocycles. The van der Waals surface area contributed by atoms with Crippen LogP contribution in [0.5, 0.6) is 0 Å². The summed E-state index contributed by atoms with van der Waals surface area (Å²) in [4.78, 5) is 46.2. The average molecular weight is 640 g/mol. The van der Waals surface area contributed by atoms with Crippen LogP contribution in [0.1, 0.15) is 38.7 Å². The number of anilines is 1. The number of likely N-dealkylation sites (N-methyl/N-ethyl adjacent to an activating group) is 1. The maximum absolute atomic E-state index is 14.3. The minimum Gasteiger partial charge on any atom is -0.359 e. The fourth-order valence-corrected chi connectivity index (χ4v) is 8.19. The van der Waals surface area contributed by atoms with Crippen LogP contribution in [0.15, 0.2) is 60.7 Å². The van der Waals surface area contributed by atoms with Crippen LogP contribution in [0.3, 0.4) is 0 Å². The van der Waals surface area contributed by atoms with Gasteiger partial charge in [-0.05, 0) is 49.1 Å². The molecule has 4 aliphatic rings. The van der Waals surface area contributed by atoms with Gasteiger partial charge in [-0.3, -0.25) is 14.4 Å². The number of hydrogen-bond acceptors (Lipinski definition) is 5. The molecule has 1 saturated carbocycles. The quantitative estimate of drug-likeness (QED) is 0.371. The molecule has 234 valence electrons. The molecule has 2 aromatic carbocycles. The van der Waals surface area contributed by atoms with Crippen molar-refractivity contribution in [2.45, 2.75) is 63.4 Å². The van der Waals surface area contributed by atoms with E-state index in [0.717, 1.165) is 24.8 Å². The second kappa shape index (κ2) is 12.5. The number of hydrogen-bond donors (Lipinski definition) is 2. The molecule has 1 spiro atoms. The molecular weight excluding hydrogens is 599 g/mol. The van der Waals surface area contributed by atoms with Crippen LogP contribution >= 0.6 is 23.2 Å². The summed E-state index contributed by atoms with van der Waals surface area (Å²) in [6, 6.07) is 14.1. The second-order valence-corrected chi connectivity index (χ2v) is 13.9. The van der Waals surface area contributed by atoms with Gasteiger partial charge in [0, 0.05) is 41.4 Å². The third kappa shape index (κ3) is 5.78. The standard InChI is InChI=1S/C34H40Cl2N4O4/c1-20-8-7-11-26(21(20)2)38-32(42)30-34-13-12-27(44-34)28(31(41)37-25-17-23(35)16-24(36)18-25)29(34)33(43)40(30)15-14-39(3)19-22-9-5-4-6-10-22/h4-6,9-10,12-13,16-18,20-21,26-30H,7-8,11,14-15,19H2,1-3H3,(H,37,41)(H,38,42). The lowest BCUT2D eigenvalue weighted by atomic mass is 9.73. The predicted octanol–water partition coefficient (Wildman–Crippen LogP) is 5.16. The summed E-state index contributed by atoms with van der Waals surface area (Å²) in [6.45, 7) is 6.00. The van der Waals surface area contributed by atoms with E-state index in [2.05, 4.69) is 41.5 Å². The van der Waals surface area contributed by atoms with Gasteiger partial charge in [-0.15, -0.1) is 0 Å². The maximum atomic E-state index is 14.3. The fourth-order valence-electron chi connectivity index (χ4n) is 7.66. The molecule has 2 saturated heterocycles. The van der Waals surface area contributed by atoms with E-state index in [-0.39, 0.29) is 23.8 Å². The van der Waals surface area contributed by atoms with Gasteiger partial charge in [-0.1, -0.05) is 92.4 Å². The van der Waals surface area contributed by atoms with Crippen molar-refractivity contribution in [3.63, 3.8) is 0 Å². The smallest absolute Gasteiger partial charge is 0.246 e. The molecule has 8 nitrogen and oxygen atoms in total. The molecule has 44 heavy (non-hydrogen) atoms. The zero-order valence-electron chi connectivity index (χ0n) is 25.3. The van der Waals surface area contributed by atoms with Crippen molar-refractivity contribution in [3.05, 3.63) is 76.3 Å². The molecule has 0 radical (unpaired) electrons. The van der Waals surface area contributed by atoms with Gasteiger partial charge in [0.15, 0.2) is 0 Å². The lowest BCUT2D eigenvalue weighted by molar-refractivity contribution is -0.141. The number of ether oxygens (including phenoxy) is 1. The molecular formula is C34H40Cl2N4O4. The molecule has 8 atom stereocenters. The van der Waals surface area contributed by atoms with Crippen molar-refractivity contribution >= 4 is 46.6 Å². The van der Waals surface area contributed by atoms with Crippen LogP contribution in [0.4, 0.5) is 5.69 Å². The summed E-state index contributed by atoms with van der Waals surface area (Å²) in [5, 5.41) is 6.98. The highest BCUT2D eigenvalue weighted by Crippen LogP contribution is 2.55. The number of amides is 3. The summed E-state index contributed by atoms with van der Waals surface area (Å²) in [5.41, 5.74) is 0.380. The van der Waals surface area contributed by atoms with Crippen LogP contribution in [-0.2, 0) is 25.7 Å². The number of rotatable bonds is 9. The van der Waals surface area contributed by atoms with E-state index >= 15 is 0 Å². The van der Waals surface area contributed by atoms with Gasteiger partial charge in [-0.25, -0.2) is 0 Å². The van der Waals surface area contributed by atoms with Crippen LogP contribution in [0, 0.1) is 23.7 Å². The molecule has 2 N–H and O–H groups in total. The first kappa shape index (κ1) is 31.1. The van der Waals surface area contributed by atoms with E-state index in [1.54, 1.807) is 23.1 Å². The molecule has 8 unspecified atom stereocenters. The third-order valence-corrected chi connectivity index (χ3v) is 10.5. The lowest BCUT2D eigenvalue weighted by Crippen LogP contribution is -2.58. The Morgan fingerprint density at radius 2 is 1.80 bits per heavy atom. The Balaban J connectivity index is 1.27. The van der Waals surface area contributed by atoms with Crippen molar-refractivity contribution < 1.29 is 19.1 Å². The number of nitrogens with one attached hydrogen (secondary N) is 2. The zero-order valence-corrected chi connectivity index (χ0v) is 26.9. The number of carbonyl (C=O) groups is 3. The molecule has 3 fully saturated rings. The van der Waals surface area contributed by atoms with Crippen molar-refractivity contribution in [1.82, 2.24) is 15.1 Å². The number of nitrogens with zero attached hydrogens (tertiary/aromatic N) is 2. The van der Waals surface area contributed by atoms with Gasteiger partial charge < -0.3 is 25.2 Å². The Kier molecular flexibility index (Phi) is 8.81. The Bertz CT molecular complexity index is 1430. The Morgan fingerprint density at radius 3 is 2.52 bits per heavy atom. The van der Waals surface area contributed by atoms with Crippen LogP contribution in [-0.4, -0.2) is 71.4 Å². The monoisotopic (exact) mass is 638 g/mol. The third-order valence-electron chi connectivity index (χ3n) is 10.1. The largest absolute Gasteiger partial charge is 0.359 e. The van der Waals surface area contributed by atoms with Gasteiger partial charge in [0.25, 0.3) is 0 Å². The van der Waals surface area contributed by atoms with E-state index in [1.165, 1.54) is 0 Å². The second-order valence-electron chi connectivity index (χ2n) is 13.0. The molecule has 2 aromatic rings. The average Bonchev–Trinajstić information content (AvgIpc) is 3.61. The molecule has 0 aromatic heterocycles. The molecule has 1 aliphatic carbocycles. The van der Waals surface area contributed by atoms with Crippen molar-refractivity contribution in [1.29, 1.82) is 0 Å². The maximum Gasteiger partial charge on any atom is 0.246 e. The SMILES string of the molecule is CC1CCCC(NC(=O)C2N(CCN(C)Cc3ccccc3)C(=O)C3C(C(=O)Nc4cc(Cl)cc(Cl)c4)C4C=CC32O4)C1C. The number of benzene rings is 2. The summed E-state index contributed by atoms with van der Waals surface area (Å²) >= 11 is 12.3. The van der Waals surface area contributed by atoms with Crippen LogP contribution < -0.4 is 10.6 Å².